The van der Waals surface area contributed by atoms with Crippen molar-refractivity contribution in [1.29, 1.82) is 0 Å². The van der Waals surface area contributed by atoms with Crippen molar-refractivity contribution in [2.45, 2.75) is 52.1 Å². The fraction of sp³-hybridized carbons (Fsp3) is 0.722. The van der Waals surface area contributed by atoms with Crippen LogP contribution in [0.5, 0.6) is 0 Å². The van der Waals surface area contributed by atoms with E-state index in [1.54, 1.807) is 16.9 Å². The van der Waals surface area contributed by atoms with E-state index in [1.165, 1.54) is 0 Å². The Balaban J connectivity index is 1.65. The summed E-state index contributed by atoms with van der Waals surface area (Å²) in [6.45, 7) is 7.80. The van der Waals surface area contributed by atoms with Crippen molar-refractivity contribution < 1.29 is 14.7 Å². The highest BCUT2D eigenvalue weighted by Crippen LogP contribution is 2.43. The number of nitrogens with zero attached hydrogens (tertiary/aromatic N) is 4. The summed E-state index contributed by atoms with van der Waals surface area (Å²) >= 11 is 0. The molecule has 0 unspecified atom stereocenters. The minimum absolute atomic E-state index is 0.0346. The van der Waals surface area contributed by atoms with Gasteiger partial charge in [0.1, 0.15) is 11.7 Å². The van der Waals surface area contributed by atoms with Crippen LogP contribution >= 0.6 is 0 Å². The SMILES string of the molecule is CCCN1CC2(CCN(C(=O)c3ccnn3CC)CC2)C[C@@H]1C(=O)O. The second kappa shape index (κ2) is 7.15. The number of aromatic nitrogens is 2. The Morgan fingerprint density at radius 2 is 2.04 bits per heavy atom. The molecule has 1 atom stereocenters. The van der Waals surface area contributed by atoms with Gasteiger partial charge in [-0.3, -0.25) is 19.2 Å². The molecule has 3 heterocycles. The van der Waals surface area contributed by atoms with Crippen LogP contribution in [0.25, 0.3) is 0 Å². The zero-order chi connectivity index (χ0) is 18.0. The molecule has 2 fully saturated rings. The maximum atomic E-state index is 12.7. The molecule has 0 aromatic carbocycles. The Hall–Kier alpha value is -1.89. The third-order valence-electron chi connectivity index (χ3n) is 5.75. The third-order valence-corrected chi connectivity index (χ3v) is 5.75. The van der Waals surface area contributed by atoms with Crippen LogP contribution in [0.1, 0.15) is 50.0 Å². The van der Waals surface area contributed by atoms with Gasteiger partial charge in [0.15, 0.2) is 0 Å². The van der Waals surface area contributed by atoms with E-state index in [0.717, 1.165) is 32.4 Å². The van der Waals surface area contributed by atoms with E-state index >= 15 is 0 Å². The monoisotopic (exact) mass is 348 g/mol. The summed E-state index contributed by atoms with van der Waals surface area (Å²) in [4.78, 5) is 28.4. The average molecular weight is 348 g/mol. The van der Waals surface area contributed by atoms with Gasteiger partial charge in [0, 0.05) is 32.4 Å². The normalized spacial score (nSPS) is 23.3. The molecule has 2 saturated heterocycles. The number of carbonyl (C=O) groups excluding carboxylic acids is 1. The van der Waals surface area contributed by atoms with Crippen LogP contribution in [0.3, 0.4) is 0 Å². The highest BCUT2D eigenvalue weighted by molar-refractivity contribution is 5.92. The van der Waals surface area contributed by atoms with Gasteiger partial charge in [-0.05, 0) is 50.6 Å². The summed E-state index contributed by atoms with van der Waals surface area (Å²) in [7, 11) is 0. The Morgan fingerprint density at radius 3 is 2.64 bits per heavy atom. The number of carbonyl (C=O) groups is 2. The predicted octanol–water partition coefficient (Wildman–Crippen LogP) is 1.69. The zero-order valence-electron chi connectivity index (χ0n) is 15.1. The molecule has 3 rings (SSSR count). The molecule has 2 aliphatic rings. The molecular weight excluding hydrogens is 320 g/mol. The lowest BCUT2D eigenvalue weighted by molar-refractivity contribution is -0.142. The number of piperidine rings is 1. The predicted molar refractivity (Wildman–Crippen MR) is 93.4 cm³/mol. The van der Waals surface area contributed by atoms with Crippen molar-refractivity contribution in [3.63, 3.8) is 0 Å². The molecule has 0 radical (unpaired) electrons. The van der Waals surface area contributed by atoms with Crippen LogP contribution in [0.15, 0.2) is 12.3 Å². The summed E-state index contributed by atoms with van der Waals surface area (Å²) in [6, 6.07) is 1.40. The van der Waals surface area contributed by atoms with E-state index in [9.17, 15) is 14.7 Å². The number of hydrogen-bond donors (Lipinski definition) is 1. The Morgan fingerprint density at radius 1 is 1.32 bits per heavy atom. The van der Waals surface area contributed by atoms with Crippen molar-refractivity contribution in [3.8, 4) is 0 Å². The number of likely N-dealkylation sites (tertiary alicyclic amines) is 2. The molecular formula is C18H28N4O3. The number of aliphatic carboxylic acids is 1. The molecule has 1 spiro atoms. The Labute approximate surface area is 148 Å². The van der Waals surface area contributed by atoms with Gasteiger partial charge in [0.05, 0.1) is 0 Å². The summed E-state index contributed by atoms with van der Waals surface area (Å²) < 4.78 is 1.73. The summed E-state index contributed by atoms with van der Waals surface area (Å²) in [5.74, 6) is -0.678. The first-order valence-electron chi connectivity index (χ1n) is 9.27. The topological polar surface area (TPSA) is 78.7 Å². The average Bonchev–Trinajstić information content (AvgIpc) is 3.20. The molecule has 25 heavy (non-hydrogen) atoms. The van der Waals surface area contributed by atoms with E-state index in [4.69, 9.17) is 0 Å². The molecule has 1 aromatic rings. The van der Waals surface area contributed by atoms with E-state index in [1.807, 2.05) is 11.8 Å². The van der Waals surface area contributed by atoms with Crippen LogP contribution in [0.2, 0.25) is 0 Å². The Bertz CT molecular complexity index is 634. The smallest absolute Gasteiger partial charge is 0.320 e. The quantitative estimate of drug-likeness (QED) is 0.876. The van der Waals surface area contributed by atoms with Gasteiger partial charge in [0.2, 0.25) is 0 Å². The fourth-order valence-electron chi connectivity index (χ4n) is 4.39. The van der Waals surface area contributed by atoms with Crippen LogP contribution < -0.4 is 0 Å². The van der Waals surface area contributed by atoms with E-state index in [-0.39, 0.29) is 17.4 Å². The number of rotatable bonds is 5. The molecule has 1 N–H and O–H groups in total. The Kier molecular flexibility index (Phi) is 5.13. The van der Waals surface area contributed by atoms with Crippen molar-refractivity contribution in [2.24, 2.45) is 5.41 Å². The standard InChI is InChI=1S/C18H28N4O3/c1-3-9-21-13-18(12-15(21)17(24)25)6-10-20(11-7-18)16(23)14-5-8-19-22(14)4-2/h5,8,15H,3-4,6-7,9-13H2,1-2H3,(H,24,25)/t15-/m1/s1. The van der Waals surface area contributed by atoms with Gasteiger partial charge in [-0.2, -0.15) is 5.10 Å². The minimum Gasteiger partial charge on any atom is -0.480 e. The van der Waals surface area contributed by atoms with Crippen molar-refractivity contribution in [3.05, 3.63) is 18.0 Å². The summed E-state index contributed by atoms with van der Waals surface area (Å²) in [6.07, 6.45) is 5.09. The van der Waals surface area contributed by atoms with Crippen molar-refractivity contribution in [2.75, 3.05) is 26.2 Å². The van der Waals surface area contributed by atoms with Crippen LogP contribution in [-0.2, 0) is 11.3 Å². The second-order valence-electron chi connectivity index (χ2n) is 7.35. The lowest BCUT2D eigenvalue weighted by atomic mass is 9.76. The third kappa shape index (κ3) is 3.42. The summed E-state index contributed by atoms with van der Waals surface area (Å²) in [5, 5.41) is 13.7. The molecule has 0 saturated carbocycles. The first-order valence-corrected chi connectivity index (χ1v) is 9.27. The number of aryl methyl sites for hydroxylation is 1. The van der Waals surface area contributed by atoms with Gasteiger partial charge in [-0.15, -0.1) is 0 Å². The van der Waals surface area contributed by atoms with E-state index in [0.29, 0.717) is 31.7 Å². The number of carboxylic acids is 1. The molecule has 0 aliphatic carbocycles. The molecule has 0 bridgehead atoms. The maximum Gasteiger partial charge on any atom is 0.320 e. The number of carboxylic acid groups (broad SMARTS) is 1. The molecule has 2 aliphatic heterocycles. The van der Waals surface area contributed by atoms with Crippen LogP contribution in [-0.4, -0.2) is 68.8 Å². The fourth-order valence-corrected chi connectivity index (χ4v) is 4.39. The van der Waals surface area contributed by atoms with Gasteiger partial charge in [-0.1, -0.05) is 6.92 Å². The minimum atomic E-state index is -0.712. The second-order valence-corrected chi connectivity index (χ2v) is 7.35. The van der Waals surface area contributed by atoms with Crippen molar-refractivity contribution >= 4 is 11.9 Å². The van der Waals surface area contributed by atoms with Crippen LogP contribution in [0.4, 0.5) is 0 Å². The molecule has 1 amide bonds. The van der Waals surface area contributed by atoms with Gasteiger partial charge < -0.3 is 10.0 Å². The molecule has 7 heteroatoms. The first kappa shape index (κ1) is 17.9. The zero-order valence-corrected chi connectivity index (χ0v) is 15.1. The molecule has 1 aromatic heterocycles. The molecule has 7 nitrogen and oxygen atoms in total. The highest BCUT2D eigenvalue weighted by atomic mass is 16.4. The maximum absolute atomic E-state index is 12.7. The summed E-state index contributed by atoms with van der Waals surface area (Å²) in [5.41, 5.74) is 0.681. The largest absolute Gasteiger partial charge is 0.480 e. The van der Waals surface area contributed by atoms with Crippen LogP contribution in [0, 0.1) is 5.41 Å². The van der Waals surface area contributed by atoms with Gasteiger partial charge >= 0.3 is 5.97 Å². The number of amides is 1. The lowest BCUT2D eigenvalue weighted by Gasteiger charge is -2.39. The number of hydrogen-bond acceptors (Lipinski definition) is 4. The van der Waals surface area contributed by atoms with Gasteiger partial charge in [0.25, 0.3) is 5.91 Å². The highest BCUT2D eigenvalue weighted by Gasteiger charge is 2.48. The van der Waals surface area contributed by atoms with E-state index < -0.39 is 5.97 Å². The molecule has 138 valence electrons. The van der Waals surface area contributed by atoms with Crippen molar-refractivity contribution in [1.82, 2.24) is 19.6 Å². The van der Waals surface area contributed by atoms with Gasteiger partial charge in [-0.25, -0.2) is 0 Å². The van der Waals surface area contributed by atoms with E-state index in [2.05, 4.69) is 16.9 Å². The first-order chi connectivity index (χ1) is 12.0. The lowest BCUT2D eigenvalue weighted by Crippen LogP contribution is -2.44.